The van der Waals surface area contributed by atoms with Crippen LogP contribution in [0.5, 0.6) is 0 Å². The van der Waals surface area contributed by atoms with Gasteiger partial charge in [-0.25, -0.2) is 9.97 Å². The molecule has 0 aromatic carbocycles. The first kappa shape index (κ1) is 13.3. The maximum Gasteiger partial charge on any atom is 0.223 e. The van der Waals surface area contributed by atoms with Crippen molar-refractivity contribution < 1.29 is 4.79 Å². The standard InChI is InChI=1S/C16H19N5O/c22-16(12-4-5-12)19-10-13-9-18-15-11-20(7-8-21(13)15)14-3-1-2-6-17-14/h1-3,6,9,12H,4-5,7-8,10-11H2,(H,19,22). The van der Waals surface area contributed by atoms with E-state index in [1.54, 1.807) is 0 Å². The molecular weight excluding hydrogens is 278 g/mol. The highest BCUT2D eigenvalue weighted by Crippen LogP contribution is 2.28. The lowest BCUT2D eigenvalue weighted by atomic mass is 10.3. The van der Waals surface area contributed by atoms with E-state index in [1.165, 1.54) is 0 Å². The first-order chi connectivity index (χ1) is 10.8. The van der Waals surface area contributed by atoms with Crippen molar-refractivity contribution >= 4 is 11.7 Å². The maximum absolute atomic E-state index is 11.7. The molecule has 0 atom stereocenters. The van der Waals surface area contributed by atoms with Crippen molar-refractivity contribution in [2.45, 2.75) is 32.5 Å². The summed E-state index contributed by atoms with van der Waals surface area (Å²) >= 11 is 0. The number of pyridine rings is 1. The van der Waals surface area contributed by atoms with Gasteiger partial charge >= 0.3 is 0 Å². The molecule has 1 saturated carbocycles. The number of hydrogen-bond donors (Lipinski definition) is 1. The fourth-order valence-corrected chi connectivity index (χ4v) is 2.87. The monoisotopic (exact) mass is 297 g/mol. The van der Waals surface area contributed by atoms with Crippen LogP contribution in [0.25, 0.3) is 0 Å². The molecule has 3 heterocycles. The molecule has 6 heteroatoms. The Morgan fingerprint density at radius 3 is 2.95 bits per heavy atom. The third-order valence-electron chi connectivity index (χ3n) is 4.31. The summed E-state index contributed by atoms with van der Waals surface area (Å²) in [5, 5.41) is 3.01. The predicted molar refractivity (Wildman–Crippen MR) is 82.1 cm³/mol. The molecule has 114 valence electrons. The zero-order valence-corrected chi connectivity index (χ0v) is 12.4. The van der Waals surface area contributed by atoms with Crippen LogP contribution in [-0.2, 0) is 24.4 Å². The van der Waals surface area contributed by atoms with E-state index in [-0.39, 0.29) is 11.8 Å². The van der Waals surface area contributed by atoms with Crippen LogP contribution in [0, 0.1) is 5.92 Å². The van der Waals surface area contributed by atoms with E-state index in [1.807, 2.05) is 30.6 Å². The molecule has 0 unspecified atom stereocenters. The number of aromatic nitrogens is 3. The van der Waals surface area contributed by atoms with Crippen LogP contribution in [0.1, 0.15) is 24.4 Å². The van der Waals surface area contributed by atoms with Gasteiger partial charge in [-0.2, -0.15) is 0 Å². The minimum Gasteiger partial charge on any atom is -0.350 e. The molecule has 4 rings (SSSR count). The van der Waals surface area contributed by atoms with Crippen LogP contribution < -0.4 is 10.2 Å². The molecule has 0 radical (unpaired) electrons. The van der Waals surface area contributed by atoms with Gasteiger partial charge in [-0.3, -0.25) is 4.79 Å². The third-order valence-corrected chi connectivity index (χ3v) is 4.31. The van der Waals surface area contributed by atoms with E-state index in [0.29, 0.717) is 6.54 Å². The Bertz CT molecular complexity index is 677. The predicted octanol–water partition coefficient (Wildman–Crippen LogP) is 1.32. The van der Waals surface area contributed by atoms with Gasteiger partial charge in [0.15, 0.2) is 0 Å². The van der Waals surface area contributed by atoms with Crippen molar-refractivity contribution in [2.75, 3.05) is 11.4 Å². The fourth-order valence-electron chi connectivity index (χ4n) is 2.87. The number of anilines is 1. The fraction of sp³-hybridized carbons (Fsp3) is 0.438. The summed E-state index contributed by atoms with van der Waals surface area (Å²) in [6, 6.07) is 5.95. The number of hydrogen-bond acceptors (Lipinski definition) is 4. The zero-order valence-electron chi connectivity index (χ0n) is 12.4. The SMILES string of the molecule is O=C(NCc1cnc2n1CCN(c1ccccn1)C2)C1CC1. The molecule has 0 spiro atoms. The van der Waals surface area contributed by atoms with E-state index >= 15 is 0 Å². The Morgan fingerprint density at radius 1 is 1.27 bits per heavy atom. The van der Waals surface area contributed by atoms with Crippen molar-refractivity contribution in [1.29, 1.82) is 0 Å². The van der Waals surface area contributed by atoms with Gasteiger partial charge in [0.25, 0.3) is 0 Å². The highest BCUT2D eigenvalue weighted by Gasteiger charge is 2.29. The molecule has 2 aromatic rings. The van der Waals surface area contributed by atoms with Gasteiger partial charge in [0, 0.05) is 25.2 Å². The third kappa shape index (κ3) is 2.56. The van der Waals surface area contributed by atoms with Gasteiger partial charge in [-0.15, -0.1) is 0 Å². The summed E-state index contributed by atoms with van der Waals surface area (Å²) in [6.45, 7) is 3.12. The lowest BCUT2D eigenvalue weighted by molar-refractivity contribution is -0.122. The second-order valence-electron chi connectivity index (χ2n) is 5.92. The average Bonchev–Trinajstić information content (AvgIpc) is 3.34. The van der Waals surface area contributed by atoms with Crippen molar-refractivity contribution in [3.8, 4) is 0 Å². The van der Waals surface area contributed by atoms with Gasteiger partial charge in [-0.05, 0) is 25.0 Å². The van der Waals surface area contributed by atoms with Gasteiger partial charge < -0.3 is 14.8 Å². The van der Waals surface area contributed by atoms with Crippen molar-refractivity contribution in [2.24, 2.45) is 5.92 Å². The van der Waals surface area contributed by atoms with Gasteiger partial charge in [0.05, 0.1) is 25.0 Å². The molecule has 22 heavy (non-hydrogen) atoms. The Hall–Kier alpha value is -2.37. The zero-order chi connectivity index (χ0) is 14.9. The Balaban J connectivity index is 1.44. The van der Waals surface area contributed by atoms with Gasteiger partial charge in [0.1, 0.15) is 11.6 Å². The van der Waals surface area contributed by atoms with E-state index in [9.17, 15) is 4.79 Å². The molecule has 1 aliphatic heterocycles. The van der Waals surface area contributed by atoms with E-state index < -0.39 is 0 Å². The Morgan fingerprint density at radius 2 is 2.18 bits per heavy atom. The smallest absolute Gasteiger partial charge is 0.223 e. The first-order valence-corrected chi connectivity index (χ1v) is 7.78. The van der Waals surface area contributed by atoms with Crippen LogP contribution in [0.4, 0.5) is 5.82 Å². The van der Waals surface area contributed by atoms with Crippen molar-refractivity contribution in [1.82, 2.24) is 19.9 Å². The number of rotatable bonds is 4. The van der Waals surface area contributed by atoms with E-state index in [4.69, 9.17) is 0 Å². The normalized spacial score (nSPS) is 17.2. The highest BCUT2D eigenvalue weighted by atomic mass is 16.2. The quantitative estimate of drug-likeness (QED) is 0.924. The topological polar surface area (TPSA) is 63.1 Å². The molecule has 2 aliphatic rings. The minimum atomic E-state index is 0.182. The van der Waals surface area contributed by atoms with Crippen LogP contribution >= 0.6 is 0 Å². The lowest BCUT2D eigenvalue weighted by Gasteiger charge is -2.29. The molecule has 1 amide bonds. The average molecular weight is 297 g/mol. The summed E-state index contributed by atoms with van der Waals surface area (Å²) < 4.78 is 2.21. The molecule has 0 saturated heterocycles. The Labute approximate surface area is 129 Å². The number of amides is 1. The molecule has 2 aromatic heterocycles. The van der Waals surface area contributed by atoms with Crippen LogP contribution in [0.15, 0.2) is 30.6 Å². The highest BCUT2D eigenvalue weighted by molar-refractivity contribution is 5.80. The second-order valence-corrected chi connectivity index (χ2v) is 5.92. The van der Waals surface area contributed by atoms with Crippen LogP contribution in [-0.4, -0.2) is 27.0 Å². The first-order valence-electron chi connectivity index (χ1n) is 7.78. The molecule has 1 aliphatic carbocycles. The minimum absolute atomic E-state index is 0.182. The molecular formula is C16H19N5O. The van der Waals surface area contributed by atoms with Crippen molar-refractivity contribution in [3.63, 3.8) is 0 Å². The lowest BCUT2D eigenvalue weighted by Crippen LogP contribution is -2.35. The molecule has 1 N–H and O–H groups in total. The van der Waals surface area contributed by atoms with Crippen LogP contribution in [0.3, 0.4) is 0 Å². The number of nitrogens with zero attached hydrogens (tertiary/aromatic N) is 4. The Kier molecular flexibility index (Phi) is 3.29. The number of carbonyl (C=O) groups excluding carboxylic acids is 1. The molecule has 1 fully saturated rings. The second kappa shape index (κ2) is 5.44. The maximum atomic E-state index is 11.7. The molecule has 6 nitrogen and oxygen atoms in total. The van der Waals surface area contributed by atoms with E-state index in [0.717, 1.165) is 49.8 Å². The summed E-state index contributed by atoms with van der Waals surface area (Å²) in [6.07, 6.45) is 5.77. The van der Waals surface area contributed by atoms with Gasteiger partial charge in [0.2, 0.25) is 5.91 Å². The van der Waals surface area contributed by atoms with Crippen molar-refractivity contribution in [3.05, 3.63) is 42.1 Å². The summed E-state index contributed by atoms with van der Waals surface area (Å²) in [4.78, 5) is 22.9. The molecule has 0 bridgehead atoms. The number of imidazole rings is 1. The number of carbonyl (C=O) groups is 1. The summed E-state index contributed by atoms with van der Waals surface area (Å²) in [5.74, 6) is 2.46. The van der Waals surface area contributed by atoms with Crippen LogP contribution in [0.2, 0.25) is 0 Å². The largest absolute Gasteiger partial charge is 0.350 e. The van der Waals surface area contributed by atoms with E-state index in [2.05, 4.69) is 24.8 Å². The summed E-state index contributed by atoms with van der Waals surface area (Å²) in [5.41, 5.74) is 1.09. The van der Waals surface area contributed by atoms with Gasteiger partial charge in [-0.1, -0.05) is 6.07 Å². The summed E-state index contributed by atoms with van der Waals surface area (Å²) in [7, 11) is 0. The number of fused-ring (bicyclic) bond motifs is 1. The number of nitrogens with one attached hydrogen (secondary N) is 1.